The highest BCUT2D eigenvalue weighted by Gasteiger charge is 2.09. The van der Waals surface area contributed by atoms with E-state index < -0.39 is 0 Å². The van der Waals surface area contributed by atoms with E-state index in [9.17, 15) is 5.11 Å². The maximum Gasteiger partial charge on any atom is 0.127 e. The van der Waals surface area contributed by atoms with E-state index in [4.69, 9.17) is 4.74 Å². The summed E-state index contributed by atoms with van der Waals surface area (Å²) in [4.78, 5) is 0. The van der Waals surface area contributed by atoms with Crippen LogP contribution >= 0.6 is 0 Å². The van der Waals surface area contributed by atoms with Crippen molar-refractivity contribution < 1.29 is 9.84 Å². The van der Waals surface area contributed by atoms with Crippen molar-refractivity contribution in [2.24, 2.45) is 0 Å². The fraction of sp³-hybridized carbons (Fsp3) is 0.500. The van der Waals surface area contributed by atoms with Gasteiger partial charge in [0.05, 0.1) is 13.7 Å². The lowest BCUT2D eigenvalue weighted by Crippen LogP contribution is -2.00. The number of aryl methyl sites for hydroxylation is 2. The Morgan fingerprint density at radius 1 is 1.36 bits per heavy atom. The summed E-state index contributed by atoms with van der Waals surface area (Å²) in [7, 11) is 1.65. The number of hydrogen-bond donors (Lipinski definition) is 1. The van der Waals surface area contributed by atoms with Crippen LogP contribution < -0.4 is 4.74 Å². The predicted octanol–water partition coefficient (Wildman–Crippen LogP) is 2.45. The van der Waals surface area contributed by atoms with E-state index in [0.29, 0.717) is 0 Å². The molecule has 1 aromatic carbocycles. The molecular formula is C12H18O2. The van der Waals surface area contributed by atoms with Gasteiger partial charge >= 0.3 is 0 Å². The maximum absolute atomic E-state index is 9.30. The second-order valence-electron chi connectivity index (χ2n) is 3.46. The quantitative estimate of drug-likeness (QED) is 0.797. The Hall–Kier alpha value is -1.02. The standard InChI is InChI=1S/C12H18O2/c1-4-5-10-7-6-9(2)12(14-3)11(10)8-13/h6-7,13H,4-5,8H2,1-3H3. The lowest BCUT2D eigenvalue weighted by molar-refractivity contribution is 0.272. The summed E-state index contributed by atoms with van der Waals surface area (Å²) in [5.41, 5.74) is 3.21. The molecule has 0 spiro atoms. The van der Waals surface area contributed by atoms with Crippen LogP contribution in [-0.4, -0.2) is 12.2 Å². The maximum atomic E-state index is 9.30. The van der Waals surface area contributed by atoms with Gasteiger partial charge in [0.2, 0.25) is 0 Å². The molecular weight excluding hydrogens is 176 g/mol. The minimum atomic E-state index is 0.0557. The van der Waals surface area contributed by atoms with Gasteiger partial charge in [-0.1, -0.05) is 25.5 Å². The third-order valence-corrected chi connectivity index (χ3v) is 2.44. The Morgan fingerprint density at radius 2 is 2.07 bits per heavy atom. The second kappa shape index (κ2) is 5.01. The number of aliphatic hydroxyl groups excluding tert-OH is 1. The molecule has 0 unspecified atom stereocenters. The monoisotopic (exact) mass is 194 g/mol. The highest BCUT2D eigenvalue weighted by Crippen LogP contribution is 2.27. The molecule has 0 radical (unpaired) electrons. The Morgan fingerprint density at radius 3 is 2.57 bits per heavy atom. The molecule has 14 heavy (non-hydrogen) atoms. The highest BCUT2D eigenvalue weighted by molar-refractivity contribution is 5.45. The van der Waals surface area contributed by atoms with Crippen molar-refractivity contribution in [1.29, 1.82) is 0 Å². The Balaban J connectivity index is 3.18. The van der Waals surface area contributed by atoms with Gasteiger partial charge in [-0.15, -0.1) is 0 Å². The summed E-state index contributed by atoms with van der Waals surface area (Å²) in [6.45, 7) is 4.18. The summed E-state index contributed by atoms with van der Waals surface area (Å²) in [5.74, 6) is 0.832. The molecule has 2 nitrogen and oxygen atoms in total. The van der Waals surface area contributed by atoms with Gasteiger partial charge in [0.15, 0.2) is 0 Å². The predicted molar refractivity (Wildman–Crippen MR) is 57.6 cm³/mol. The Labute approximate surface area is 85.5 Å². The van der Waals surface area contributed by atoms with Gasteiger partial charge in [-0.2, -0.15) is 0 Å². The van der Waals surface area contributed by atoms with Crippen molar-refractivity contribution in [3.63, 3.8) is 0 Å². The molecule has 0 aliphatic carbocycles. The van der Waals surface area contributed by atoms with Crippen molar-refractivity contribution in [3.05, 3.63) is 28.8 Å². The Bertz CT molecular complexity index is 305. The smallest absolute Gasteiger partial charge is 0.127 e. The third kappa shape index (κ3) is 2.07. The molecule has 0 aromatic heterocycles. The van der Waals surface area contributed by atoms with Gasteiger partial charge in [-0.25, -0.2) is 0 Å². The van der Waals surface area contributed by atoms with E-state index in [-0.39, 0.29) is 6.61 Å². The fourth-order valence-electron chi connectivity index (χ4n) is 1.75. The second-order valence-corrected chi connectivity index (χ2v) is 3.46. The normalized spacial score (nSPS) is 10.3. The zero-order valence-corrected chi connectivity index (χ0v) is 9.13. The average Bonchev–Trinajstić information content (AvgIpc) is 2.20. The van der Waals surface area contributed by atoms with Crippen LogP contribution in [0.3, 0.4) is 0 Å². The number of hydrogen-bond acceptors (Lipinski definition) is 2. The summed E-state index contributed by atoms with van der Waals surface area (Å²) in [6.07, 6.45) is 2.08. The topological polar surface area (TPSA) is 29.5 Å². The van der Waals surface area contributed by atoms with Crippen LogP contribution in [0.15, 0.2) is 12.1 Å². The average molecular weight is 194 g/mol. The molecule has 0 aliphatic heterocycles. The van der Waals surface area contributed by atoms with Crippen LogP contribution in [0.4, 0.5) is 0 Å². The van der Waals surface area contributed by atoms with Crippen molar-refractivity contribution >= 4 is 0 Å². The lowest BCUT2D eigenvalue weighted by atomic mass is 10.00. The molecule has 0 amide bonds. The number of methoxy groups -OCH3 is 1. The van der Waals surface area contributed by atoms with E-state index in [2.05, 4.69) is 13.0 Å². The molecule has 1 N–H and O–H groups in total. The first-order valence-corrected chi connectivity index (χ1v) is 5.00. The molecule has 0 aliphatic rings. The minimum absolute atomic E-state index is 0.0557. The van der Waals surface area contributed by atoms with Gasteiger partial charge in [-0.05, 0) is 24.5 Å². The summed E-state index contributed by atoms with van der Waals surface area (Å²) in [6, 6.07) is 4.12. The van der Waals surface area contributed by atoms with Crippen molar-refractivity contribution in [2.45, 2.75) is 33.3 Å². The number of aliphatic hydroxyl groups is 1. The highest BCUT2D eigenvalue weighted by atomic mass is 16.5. The van der Waals surface area contributed by atoms with Gasteiger partial charge < -0.3 is 9.84 Å². The molecule has 2 heteroatoms. The van der Waals surface area contributed by atoms with Crippen LogP contribution in [0.2, 0.25) is 0 Å². The van der Waals surface area contributed by atoms with Crippen molar-refractivity contribution in [2.75, 3.05) is 7.11 Å². The third-order valence-electron chi connectivity index (χ3n) is 2.44. The largest absolute Gasteiger partial charge is 0.496 e. The molecule has 0 atom stereocenters. The summed E-state index contributed by atoms with van der Waals surface area (Å²) < 4.78 is 5.29. The molecule has 0 bridgehead atoms. The first kappa shape index (κ1) is 11.1. The zero-order chi connectivity index (χ0) is 10.6. The number of ether oxygens (including phenoxy) is 1. The summed E-state index contributed by atoms with van der Waals surface area (Å²) >= 11 is 0. The minimum Gasteiger partial charge on any atom is -0.496 e. The van der Waals surface area contributed by atoms with Crippen LogP contribution in [0, 0.1) is 6.92 Å². The first-order valence-electron chi connectivity index (χ1n) is 5.00. The van der Waals surface area contributed by atoms with Crippen LogP contribution in [-0.2, 0) is 13.0 Å². The van der Waals surface area contributed by atoms with E-state index >= 15 is 0 Å². The zero-order valence-electron chi connectivity index (χ0n) is 9.13. The SMILES string of the molecule is CCCc1ccc(C)c(OC)c1CO. The van der Waals surface area contributed by atoms with Crippen LogP contribution in [0.1, 0.15) is 30.0 Å². The van der Waals surface area contributed by atoms with E-state index in [0.717, 1.165) is 29.7 Å². The fourth-order valence-corrected chi connectivity index (χ4v) is 1.75. The van der Waals surface area contributed by atoms with E-state index in [1.807, 2.05) is 13.0 Å². The molecule has 0 fully saturated rings. The van der Waals surface area contributed by atoms with Gasteiger partial charge in [0.25, 0.3) is 0 Å². The first-order chi connectivity index (χ1) is 6.74. The molecule has 0 saturated carbocycles. The molecule has 1 aromatic rings. The van der Waals surface area contributed by atoms with Gasteiger partial charge in [0, 0.05) is 5.56 Å². The summed E-state index contributed by atoms with van der Waals surface area (Å²) in [5, 5.41) is 9.30. The van der Waals surface area contributed by atoms with Crippen molar-refractivity contribution in [1.82, 2.24) is 0 Å². The van der Waals surface area contributed by atoms with Gasteiger partial charge in [0.1, 0.15) is 5.75 Å². The van der Waals surface area contributed by atoms with E-state index in [1.165, 1.54) is 5.56 Å². The van der Waals surface area contributed by atoms with Crippen molar-refractivity contribution in [3.8, 4) is 5.75 Å². The number of rotatable bonds is 4. The molecule has 78 valence electrons. The van der Waals surface area contributed by atoms with Crippen LogP contribution in [0.25, 0.3) is 0 Å². The molecule has 0 heterocycles. The van der Waals surface area contributed by atoms with Crippen LogP contribution in [0.5, 0.6) is 5.75 Å². The molecule has 0 saturated heterocycles. The van der Waals surface area contributed by atoms with Gasteiger partial charge in [-0.3, -0.25) is 0 Å². The Kier molecular flexibility index (Phi) is 3.96. The molecule has 1 rings (SSSR count). The number of benzene rings is 1. The van der Waals surface area contributed by atoms with E-state index in [1.54, 1.807) is 7.11 Å². The lowest BCUT2D eigenvalue weighted by Gasteiger charge is -2.13.